The molecular formula is C15H27N3O2. The molecule has 2 fully saturated rings. The van der Waals surface area contributed by atoms with Crippen molar-refractivity contribution in [2.45, 2.75) is 51.0 Å². The molecule has 0 radical (unpaired) electrons. The van der Waals surface area contributed by atoms with E-state index in [1.807, 2.05) is 11.9 Å². The SMILES string of the molecule is CN1CCCCCC1C(=O)NCCCN1CCCC1=O. The Balaban J connectivity index is 1.65. The fourth-order valence-electron chi connectivity index (χ4n) is 3.12. The number of rotatable bonds is 5. The van der Waals surface area contributed by atoms with Crippen LogP contribution in [0.2, 0.25) is 0 Å². The van der Waals surface area contributed by atoms with Crippen LogP contribution in [0, 0.1) is 0 Å². The summed E-state index contributed by atoms with van der Waals surface area (Å²) in [4.78, 5) is 27.7. The van der Waals surface area contributed by atoms with Gasteiger partial charge in [-0.1, -0.05) is 12.8 Å². The molecule has 1 unspecified atom stereocenters. The molecule has 0 aromatic heterocycles. The second-order valence-electron chi connectivity index (χ2n) is 5.97. The summed E-state index contributed by atoms with van der Waals surface area (Å²) < 4.78 is 0. The lowest BCUT2D eigenvalue weighted by Crippen LogP contribution is -2.45. The molecule has 0 bridgehead atoms. The summed E-state index contributed by atoms with van der Waals surface area (Å²) in [6.45, 7) is 3.35. The number of hydrogen-bond acceptors (Lipinski definition) is 3. The Hall–Kier alpha value is -1.10. The zero-order chi connectivity index (χ0) is 14.4. The fourth-order valence-corrected chi connectivity index (χ4v) is 3.12. The van der Waals surface area contributed by atoms with Crippen LogP contribution in [0.1, 0.15) is 44.9 Å². The summed E-state index contributed by atoms with van der Waals surface area (Å²) in [5.74, 6) is 0.418. The van der Waals surface area contributed by atoms with Gasteiger partial charge in [-0.05, 0) is 39.3 Å². The van der Waals surface area contributed by atoms with Gasteiger partial charge in [0.25, 0.3) is 0 Å². The van der Waals surface area contributed by atoms with Crippen LogP contribution >= 0.6 is 0 Å². The van der Waals surface area contributed by atoms with E-state index in [-0.39, 0.29) is 17.9 Å². The summed E-state index contributed by atoms with van der Waals surface area (Å²) >= 11 is 0. The van der Waals surface area contributed by atoms with Crippen LogP contribution in [0.25, 0.3) is 0 Å². The molecule has 1 N–H and O–H groups in total. The van der Waals surface area contributed by atoms with E-state index in [9.17, 15) is 9.59 Å². The summed E-state index contributed by atoms with van der Waals surface area (Å²) in [6.07, 6.45) is 7.06. The fraction of sp³-hybridized carbons (Fsp3) is 0.867. The molecule has 114 valence electrons. The Morgan fingerprint density at radius 1 is 1.25 bits per heavy atom. The first-order chi connectivity index (χ1) is 9.68. The van der Waals surface area contributed by atoms with Crippen molar-refractivity contribution in [2.24, 2.45) is 0 Å². The van der Waals surface area contributed by atoms with Gasteiger partial charge in [-0.3, -0.25) is 14.5 Å². The molecule has 20 heavy (non-hydrogen) atoms. The van der Waals surface area contributed by atoms with Crippen molar-refractivity contribution >= 4 is 11.8 Å². The third-order valence-corrected chi connectivity index (χ3v) is 4.40. The molecule has 0 saturated carbocycles. The topological polar surface area (TPSA) is 52.7 Å². The van der Waals surface area contributed by atoms with Crippen LogP contribution in [0.4, 0.5) is 0 Å². The van der Waals surface area contributed by atoms with Crippen molar-refractivity contribution in [3.63, 3.8) is 0 Å². The Morgan fingerprint density at radius 3 is 2.85 bits per heavy atom. The third-order valence-electron chi connectivity index (χ3n) is 4.40. The van der Waals surface area contributed by atoms with E-state index in [1.54, 1.807) is 0 Å². The normalized spacial score (nSPS) is 24.8. The van der Waals surface area contributed by atoms with E-state index in [0.29, 0.717) is 13.0 Å². The summed E-state index contributed by atoms with van der Waals surface area (Å²) in [7, 11) is 2.04. The monoisotopic (exact) mass is 281 g/mol. The molecule has 2 heterocycles. The van der Waals surface area contributed by atoms with E-state index < -0.39 is 0 Å². The number of amides is 2. The van der Waals surface area contributed by atoms with Gasteiger partial charge in [0.1, 0.15) is 0 Å². The summed E-state index contributed by atoms with van der Waals surface area (Å²) in [5, 5.41) is 3.03. The van der Waals surface area contributed by atoms with Crippen molar-refractivity contribution in [3.05, 3.63) is 0 Å². The minimum Gasteiger partial charge on any atom is -0.355 e. The van der Waals surface area contributed by atoms with Crippen LogP contribution in [-0.2, 0) is 9.59 Å². The van der Waals surface area contributed by atoms with Gasteiger partial charge >= 0.3 is 0 Å². The van der Waals surface area contributed by atoms with Gasteiger partial charge in [-0.25, -0.2) is 0 Å². The predicted octanol–water partition coefficient (Wildman–Crippen LogP) is 0.989. The van der Waals surface area contributed by atoms with E-state index in [2.05, 4.69) is 10.2 Å². The summed E-state index contributed by atoms with van der Waals surface area (Å²) in [5.41, 5.74) is 0. The molecule has 0 aliphatic carbocycles. The predicted molar refractivity (Wildman–Crippen MR) is 78.3 cm³/mol. The second kappa shape index (κ2) is 7.62. The maximum absolute atomic E-state index is 12.2. The molecule has 1 atom stereocenters. The lowest BCUT2D eigenvalue weighted by atomic mass is 10.1. The van der Waals surface area contributed by atoms with Crippen LogP contribution in [0.15, 0.2) is 0 Å². The molecule has 0 aromatic rings. The Morgan fingerprint density at radius 2 is 2.10 bits per heavy atom. The molecule has 2 aliphatic rings. The van der Waals surface area contributed by atoms with E-state index in [1.165, 1.54) is 12.8 Å². The molecule has 5 nitrogen and oxygen atoms in total. The molecule has 0 spiro atoms. The number of nitrogens with zero attached hydrogens (tertiary/aromatic N) is 2. The number of likely N-dealkylation sites (N-methyl/N-ethyl adjacent to an activating group) is 1. The highest BCUT2D eigenvalue weighted by Crippen LogP contribution is 2.15. The maximum atomic E-state index is 12.2. The highest BCUT2D eigenvalue weighted by Gasteiger charge is 2.24. The molecule has 5 heteroatoms. The molecular weight excluding hydrogens is 254 g/mol. The lowest BCUT2D eigenvalue weighted by Gasteiger charge is -2.24. The van der Waals surface area contributed by atoms with Crippen LogP contribution in [0.3, 0.4) is 0 Å². The quantitative estimate of drug-likeness (QED) is 0.765. The van der Waals surface area contributed by atoms with Gasteiger partial charge in [0.15, 0.2) is 0 Å². The Bertz CT molecular complexity index is 346. The maximum Gasteiger partial charge on any atom is 0.237 e. The van der Waals surface area contributed by atoms with Crippen LogP contribution in [-0.4, -0.2) is 60.9 Å². The van der Waals surface area contributed by atoms with Gasteiger partial charge in [0.05, 0.1) is 6.04 Å². The van der Waals surface area contributed by atoms with Crippen molar-refractivity contribution in [2.75, 3.05) is 33.2 Å². The summed E-state index contributed by atoms with van der Waals surface area (Å²) in [6, 6.07) is 0.0333. The average molecular weight is 281 g/mol. The number of hydrogen-bond donors (Lipinski definition) is 1. The molecule has 2 aliphatic heterocycles. The third kappa shape index (κ3) is 4.20. The lowest BCUT2D eigenvalue weighted by molar-refractivity contribution is -0.127. The molecule has 2 amide bonds. The van der Waals surface area contributed by atoms with Gasteiger partial charge in [0.2, 0.25) is 11.8 Å². The highest BCUT2D eigenvalue weighted by atomic mass is 16.2. The smallest absolute Gasteiger partial charge is 0.237 e. The molecule has 2 saturated heterocycles. The van der Waals surface area contributed by atoms with Gasteiger partial charge < -0.3 is 10.2 Å². The van der Waals surface area contributed by atoms with Gasteiger partial charge in [-0.15, -0.1) is 0 Å². The minimum absolute atomic E-state index is 0.0333. The first kappa shape index (κ1) is 15.3. The molecule has 0 aromatic carbocycles. The number of carbonyl (C=O) groups is 2. The van der Waals surface area contributed by atoms with Gasteiger partial charge in [0, 0.05) is 26.1 Å². The minimum atomic E-state index is 0.0333. The van der Waals surface area contributed by atoms with Gasteiger partial charge in [-0.2, -0.15) is 0 Å². The van der Waals surface area contributed by atoms with Crippen molar-refractivity contribution < 1.29 is 9.59 Å². The van der Waals surface area contributed by atoms with Crippen molar-refractivity contribution in [1.82, 2.24) is 15.1 Å². The Labute approximate surface area is 121 Å². The van der Waals surface area contributed by atoms with Crippen LogP contribution < -0.4 is 5.32 Å². The highest BCUT2D eigenvalue weighted by molar-refractivity contribution is 5.81. The van der Waals surface area contributed by atoms with Crippen LogP contribution in [0.5, 0.6) is 0 Å². The molecule has 2 rings (SSSR count). The zero-order valence-corrected chi connectivity index (χ0v) is 12.6. The first-order valence-corrected chi connectivity index (χ1v) is 7.94. The second-order valence-corrected chi connectivity index (χ2v) is 5.97. The van der Waals surface area contributed by atoms with E-state index in [0.717, 1.165) is 45.3 Å². The Kier molecular flexibility index (Phi) is 5.83. The first-order valence-electron chi connectivity index (χ1n) is 7.94. The zero-order valence-electron chi connectivity index (χ0n) is 12.6. The van der Waals surface area contributed by atoms with Crippen molar-refractivity contribution in [1.29, 1.82) is 0 Å². The number of likely N-dealkylation sites (tertiary alicyclic amines) is 2. The number of nitrogens with one attached hydrogen (secondary N) is 1. The van der Waals surface area contributed by atoms with E-state index >= 15 is 0 Å². The largest absolute Gasteiger partial charge is 0.355 e. The van der Waals surface area contributed by atoms with E-state index in [4.69, 9.17) is 0 Å². The standard InChI is InChI=1S/C15H27N3O2/c1-17-10-4-2-3-7-13(17)15(20)16-9-6-12-18-11-5-8-14(18)19/h13H,2-12H2,1H3,(H,16,20). The van der Waals surface area contributed by atoms with Crippen molar-refractivity contribution in [3.8, 4) is 0 Å². The number of carbonyl (C=O) groups excluding carboxylic acids is 2. The average Bonchev–Trinajstić information content (AvgIpc) is 2.70.